The molecule has 0 aliphatic carbocycles. The molecule has 0 atom stereocenters. The summed E-state index contributed by atoms with van der Waals surface area (Å²) in [6.45, 7) is 4.00. The van der Waals surface area contributed by atoms with Crippen molar-refractivity contribution in [1.82, 2.24) is 4.98 Å². The normalized spacial score (nSPS) is 10.9. The Bertz CT molecular complexity index is 494. The minimum absolute atomic E-state index is 0.194. The predicted octanol–water partition coefficient (Wildman–Crippen LogP) is 2.76. The van der Waals surface area contributed by atoms with E-state index in [0.29, 0.717) is 5.76 Å². The highest BCUT2D eigenvalue weighted by molar-refractivity contribution is 5.61. The first kappa shape index (κ1) is 9.77. The Balaban J connectivity index is 2.58. The van der Waals surface area contributed by atoms with Crippen LogP contribution in [-0.4, -0.2) is 4.98 Å². The Morgan fingerprint density at radius 1 is 1.20 bits per heavy atom. The maximum Gasteiger partial charge on any atom is 0.416 e. The highest BCUT2D eigenvalue weighted by Gasteiger charge is 2.14. The molecule has 0 radical (unpaired) electrons. The van der Waals surface area contributed by atoms with Gasteiger partial charge in [0.1, 0.15) is 5.76 Å². The fourth-order valence-corrected chi connectivity index (χ4v) is 1.57. The highest BCUT2D eigenvalue weighted by atomic mass is 16.4. The van der Waals surface area contributed by atoms with E-state index in [1.54, 1.807) is 0 Å². The average Bonchev–Trinajstić information content (AvgIpc) is 2.62. The number of aromatic nitrogens is 1. The number of H-pyrrole nitrogens is 1. The van der Waals surface area contributed by atoms with E-state index in [4.69, 9.17) is 4.42 Å². The molecule has 2 rings (SSSR count). The van der Waals surface area contributed by atoms with Crippen LogP contribution in [0.1, 0.15) is 25.5 Å². The second-order valence-electron chi connectivity index (χ2n) is 3.77. The third-order valence-electron chi connectivity index (χ3n) is 2.26. The number of hydrogen-bond donors (Lipinski definition) is 1. The van der Waals surface area contributed by atoms with Crippen LogP contribution in [0.15, 0.2) is 39.5 Å². The number of hydrogen-bond acceptors (Lipinski definition) is 2. The van der Waals surface area contributed by atoms with Crippen molar-refractivity contribution >= 4 is 0 Å². The van der Waals surface area contributed by atoms with Crippen LogP contribution < -0.4 is 5.76 Å². The Morgan fingerprint density at radius 2 is 1.87 bits per heavy atom. The lowest BCUT2D eigenvalue weighted by Gasteiger charge is -2.03. The van der Waals surface area contributed by atoms with Gasteiger partial charge in [-0.25, -0.2) is 4.79 Å². The summed E-state index contributed by atoms with van der Waals surface area (Å²) in [5.41, 5.74) is 1.77. The smallest absolute Gasteiger partial charge is 0.412 e. The summed E-state index contributed by atoms with van der Waals surface area (Å²) in [4.78, 5) is 13.9. The van der Waals surface area contributed by atoms with E-state index >= 15 is 0 Å². The van der Waals surface area contributed by atoms with Gasteiger partial charge in [-0.1, -0.05) is 44.2 Å². The van der Waals surface area contributed by atoms with Crippen molar-refractivity contribution < 1.29 is 4.42 Å². The molecule has 0 saturated heterocycles. The molecule has 0 saturated carbocycles. The largest absolute Gasteiger partial charge is 0.416 e. The van der Waals surface area contributed by atoms with Gasteiger partial charge in [0.05, 0.1) is 5.69 Å². The van der Waals surface area contributed by atoms with Crippen molar-refractivity contribution in [3.05, 3.63) is 46.6 Å². The molecule has 0 unspecified atom stereocenters. The zero-order chi connectivity index (χ0) is 10.8. The van der Waals surface area contributed by atoms with Gasteiger partial charge < -0.3 is 4.42 Å². The van der Waals surface area contributed by atoms with Crippen LogP contribution in [0.4, 0.5) is 0 Å². The Labute approximate surface area is 87.8 Å². The second kappa shape index (κ2) is 3.77. The first-order valence-electron chi connectivity index (χ1n) is 4.97. The van der Waals surface area contributed by atoms with E-state index in [0.717, 1.165) is 11.3 Å². The van der Waals surface area contributed by atoms with Crippen molar-refractivity contribution in [1.29, 1.82) is 0 Å². The molecule has 78 valence electrons. The van der Waals surface area contributed by atoms with Gasteiger partial charge in [0.15, 0.2) is 0 Å². The van der Waals surface area contributed by atoms with E-state index < -0.39 is 5.76 Å². The summed E-state index contributed by atoms with van der Waals surface area (Å²) in [7, 11) is 0. The van der Waals surface area contributed by atoms with Gasteiger partial charge in [-0.15, -0.1) is 0 Å². The lowest BCUT2D eigenvalue weighted by molar-refractivity contribution is 0.451. The van der Waals surface area contributed by atoms with Gasteiger partial charge in [0, 0.05) is 11.5 Å². The zero-order valence-corrected chi connectivity index (χ0v) is 8.78. The first-order valence-corrected chi connectivity index (χ1v) is 4.97. The zero-order valence-electron chi connectivity index (χ0n) is 8.78. The standard InChI is InChI=1S/C12H13NO2/c1-8(2)11-10(13-12(14)15-11)9-6-4-3-5-7-9/h3-8H,1-2H3,(H,13,14). The summed E-state index contributed by atoms with van der Waals surface area (Å²) in [5.74, 6) is 0.517. The Hall–Kier alpha value is -1.77. The van der Waals surface area contributed by atoms with Crippen molar-refractivity contribution in [2.24, 2.45) is 0 Å². The van der Waals surface area contributed by atoms with Gasteiger partial charge in [-0.3, -0.25) is 4.98 Å². The van der Waals surface area contributed by atoms with Gasteiger partial charge in [0.2, 0.25) is 0 Å². The molecular weight excluding hydrogens is 190 g/mol. The van der Waals surface area contributed by atoms with Gasteiger partial charge >= 0.3 is 5.76 Å². The molecule has 1 heterocycles. The van der Waals surface area contributed by atoms with Crippen LogP contribution in [0.25, 0.3) is 11.3 Å². The summed E-state index contributed by atoms with van der Waals surface area (Å²) < 4.78 is 5.12. The molecule has 15 heavy (non-hydrogen) atoms. The van der Waals surface area contributed by atoms with Crippen LogP contribution >= 0.6 is 0 Å². The lowest BCUT2D eigenvalue weighted by Crippen LogP contribution is -1.94. The molecule has 1 aromatic carbocycles. The molecule has 0 spiro atoms. The minimum Gasteiger partial charge on any atom is -0.412 e. The van der Waals surface area contributed by atoms with Crippen molar-refractivity contribution in [2.45, 2.75) is 19.8 Å². The van der Waals surface area contributed by atoms with Gasteiger partial charge in [0.25, 0.3) is 0 Å². The number of nitrogens with one attached hydrogen (secondary N) is 1. The highest BCUT2D eigenvalue weighted by Crippen LogP contribution is 2.25. The summed E-state index contributed by atoms with van der Waals surface area (Å²) in [6.07, 6.45) is 0. The molecule has 0 aliphatic rings. The number of oxazole rings is 1. The fraction of sp³-hybridized carbons (Fsp3) is 0.250. The maximum atomic E-state index is 11.2. The molecule has 0 bridgehead atoms. The van der Waals surface area contributed by atoms with Crippen LogP contribution in [0.2, 0.25) is 0 Å². The topological polar surface area (TPSA) is 46.0 Å². The molecule has 0 aliphatic heterocycles. The van der Waals surface area contributed by atoms with Crippen LogP contribution in [-0.2, 0) is 0 Å². The van der Waals surface area contributed by atoms with E-state index in [2.05, 4.69) is 4.98 Å². The average molecular weight is 203 g/mol. The Morgan fingerprint density at radius 3 is 2.47 bits per heavy atom. The van der Waals surface area contributed by atoms with Crippen LogP contribution in [0, 0.1) is 0 Å². The third-order valence-corrected chi connectivity index (χ3v) is 2.26. The maximum absolute atomic E-state index is 11.2. The Kier molecular flexibility index (Phi) is 2.46. The molecule has 1 aromatic heterocycles. The molecule has 0 fully saturated rings. The quantitative estimate of drug-likeness (QED) is 0.815. The third kappa shape index (κ3) is 1.86. The molecular formula is C12H13NO2. The predicted molar refractivity (Wildman–Crippen MR) is 58.9 cm³/mol. The van der Waals surface area contributed by atoms with E-state index in [9.17, 15) is 4.79 Å². The lowest BCUT2D eigenvalue weighted by atomic mass is 10.0. The fourth-order valence-electron chi connectivity index (χ4n) is 1.57. The van der Waals surface area contributed by atoms with E-state index in [-0.39, 0.29) is 5.92 Å². The van der Waals surface area contributed by atoms with E-state index in [1.807, 2.05) is 44.2 Å². The molecule has 3 heteroatoms. The second-order valence-corrected chi connectivity index (χ2v) is 3.77. The SMILES string of the molecule is CC(C)c1oc(=O)[nH]c1-c1ccccc1. The summed E-state index contributed by atoms with van der Waals surface area (Å²) >= 11 is 0. The monoisotopic (exact) mass is 203 g/mol. The molecule has 1 N–H and O–H groups in total. The number of aromatic amines is 1. The number of rotatable bonds is 2. The van der Waals surface area contributed by atoms with Crippen LogP contribution in [0.5, 0.6) is 0 Å². The van der Waals surface area contributed by atoms with E-state index in [1.165, 1.54) is 0 Å². The minimum atomic E-state index is -0.391. The van der Waals surface area contributed by atoms with Crippen molar-refractivity contribution in [2.75, 3.05) is 0 Å². The summed E-state index contributed by atoms with van der Waals surface area (Å²) in [6, 6.07) is 9.71. The molecule has 3 nitrogen and oxygen atoms in total. The molecule has 0 amide bonds. The van der Waals surface area contributed by atoms with Crippen LogP contribution in [0.3, 0.4) is 0 Å². The van der Waals surface area contributed by atoms with Crippen molar-refractivity contribution in [3.8, 4) is 11.3 Å². The summed E-state index contributed by atoms with van der Waals surface area (Å²) in [5, 5.41) is 0. The number of benzene rings is 1. The van der Waals surface area contributed by atoms with Crippen molar-refractivity contribution in [3.63, 3.8) is 0 Å². The first-order chi connectivity index (χ1) is 7.18. The van der Waals surface area contributed by atoms with Gasteiger partial charge in [-0.2, -0.15) is 0 Å². The van der Waals surface area contributed by atoms with Gasteiger partial charge in [-0.05, 0) is 0 Å². The molecule has 2 aromatic rings.